The van der Waals surface area contributed by atoms with Gasteiger partial charge in [-0.15, -0.1) is 11.3 Å². The number of carbonyl (C=O) groups excluding carboxylic acids is 1. The average Bonchev–Trinajstić information content (AvgIpc) is 3.16. The number of hydrogen-bond acceptors (Lipinski definition) is 7. The second-order valence-electron chi connectivity index (χ2n) is 5.43. The summed E-state index contributed by atoms with van der Waals surface area (Å²) in [6, 6.07) is 5.14. The van der Waals surface area contributed by atoms with Crippen LogP contribution in [0, 0.1) is 0 Å². The maximum atomic E-state index is 12.5. The Morgan fingerprint density at radius 3 is 3.04 bits per heavy atom. The predicted molar refractivity (Wildman–Crippen MR) is 98.8 cm³/mol. The molecule has 4 rings (SSSR count). The van der Waals surface area contributed by atoms with Crippen molar-refractivity contribution < 1.29 is 9.53 Å². The van der Waals surface area contributed by atoms with E-state index in [9.17, 15) is 4.79 Å². The van der Waals surface area contributed by atoms with E-state index in [4.69, 9.17) is 16.3 Å². The maximum absolute atomic E-state index is 12.5. The van der Waals surface area contributed by atoms with Crippen LogP contribution in [-0.2, 0) is 9.53 Å². The minimum atomic E-state index is -0.528. The molecule has 1 aliphatic rings. The van der Waals surface area contributed by atoms with Gasteiger partial charge in [0.15, 0.2) is 0 Å². The van der Waals surface area contributed by atoms with Crippen LogP contribution in [0.2, 0.25) is 5.02 Å². The van der Waals surface area contributed by atoms with Gasteiger partial charge in [-0.1, -0.05) is 16.7 Å². The SMILES string of the molecule is COC(=O)C1=C(C)Nc2nnnn2C1c1c(Br)sc2ccc(Cl)cc12. The van der Waals surface area contributed by atoms with Crippen LogP contribution in [0.1, 0.15) is 18.5 Å². The number of carbonyl (C=O) groups is 1. The molecule has 128 valence electrons. The van der Waals surface area contributed by atoms with Gasteiger partial charge in [0.2, 0.25) is 5.95 Å². The van der Waals surface area contributed by atoms with Crippen LogP contribution in [0.5, 0.6) is 0 Å². The molecule has 25 heavy (non-hydrogen) atoms. The lowest BCUT2D eigenvalue weighted by atomic mass is 9.95. The summed E-state index contributed by atoms with van der Waals surface area (Å²) in [6.45, 7) is 1.80. The van der Waals surface area contributed by atoms with Crippen molar-refractivity contribution in [2.24, 2.45) is 0 Å². The van der Waals surface area contributed by atoms with Crippen LogP contribution in [0.25, 0.3) is 10.1 Å². The van der Waals surface area contributed by atoms with E-state index in [1.165, 1.54) is 7.11 Å². The zero-order chi connectivity index (χ0) is 17.7. The first-order chi connectivity index (χ1) is 12.0. The van der Waals surface area contributed by atoms with Crippen LogP contribution in [0.4, 0.5) is 5.95 Å². The van der Waals surface area contributed by atoms with Crippen molar-refractivity contribution in [3.63, 3.8) is 0 Å². The van der Waals surface area contributed by atoms with Crippen molar-refractivity contribution in [1.82, 2.24) is 20.2 Å². The number of hydrogen-bond donors (Lipinski definition) is 1. The zero-order valence-corrected chi connectivity index (χ0v) is 16.2. The number of esters is 1. The number of tetrazole rings is 1. The van der Waals surface area contributed by atoms with Gasteiger partial charge in [-0.2, -0.15) is 4.68 Å². The van der Waals surface area contributed by atoms with Crippen molar-refractivity contribution in [2.75, 3.05) is 12.4 Å². The first kappa shape index (κ1) is 16.5. The van der Waals surface area contributed by atoms with E-state index in [2.05, 4.69) is 36.8 Å². The van der Waals surface area contributed by atoms with E-state index in [1.807, 2.05) is 18.2 Å². The molecule has 1 unspecified atom stereocenters. The van der Waals surface area contributed by atoms with Crippen LogP contribution >= 0.6 is 38.9 Å². The Kier molecular flexibility index (Phi) is 4.01. The number of allylic oxidation sites excluding steroid dienone is 1. The number of aromatic nitrogens is 4. The number of fused-ring (bicyclic) bond motifs is 2. The van der Waals surface area contributed by atoms with E-state index in [0.29, 0.717) is 22.2 Å². The maximum Gasteiger partial charge on any atom is 0.338 e. The summed E-state index contributed by atoms with van der Waals surface area (Å²) in [7, 11) is 1.35. The highest BCUT2D eigenvalue weighted by molar-refractivity contribution is 9.11. The molecule has 0 amide bonds. The number of anilines is 1. The van der Waals surface area contributed by atoms with Crippen molar-refractivity contribution in [3.05, 3.63) is 43.8 Å². The van der Waals surface area contributed by atoms with Gasteiger partial charge in [-0.3, -0.25) is 0 Å². The van der Waals surface area contributed by atoms with Gasteiger partial charge >= 0.3 is 5.97 Å². The summed E-state index contributed by atoms with van der Waals surface area (Å²) in [5.74, 6) is 0.0212. The average molecular weight is 441 g/mol. The molecule has 1 N–H and O–H groups in total. The molecule has 0 saturated heterocycles. The lowest BCUT2D eigenvalue weighted by Crippen LogP contribution is -2.29. The quantitative estimate of drug-likeness (QED) is 0.611. The Morgan fingerprint density at radius 2 is 2.28 bits per heavy atom. The molecule has 0 radical (unpaired) electrons. The van der Waals surface area contributed by atoms with Crippen molar-refractivity contribution >= 4 is 60.9 Å². The molecule has 0 spiro atoms. The fourth-order valence-corrected chi connectivity index (χ4v) is 5.03. The van der Waals surface area contributed by atoms with E-state index < -0.39 is 12.0 Å². The van der Waals surface area contributed by atoms with E-state index in [0.717, 1.165) is 19.4 Å². The normalized spacial score (nSPS) is 16.7. The topological polar surface area (TPSA) is 81.9 Å². The molecule has 3 aromatic rings. The fourth-order valence-electron chi connectivity index (χ4n) is 2.97. The Morgan fingerprint density at radius 1 is 1.48 bits per heavy atom. The number of halogens is 2. The van der Waals surface area contributed by atoms with Crippen molar-refractivity contribution in [2.45, 2.75) is 13.0 Å². The lowest BCUT2D eigenvalue weighted by molar-refractivity contribution is -0.136. The van der Waals surface area contributed by atoms with Gasteiger partial charge < -0.3 is 10.1 Å². The number of nitrogens with one attached hydrogen (secondary N) is 1. The number of ether oxygens (including phenoxy) is 1. The number of rotatable bonds is 2. The second-order valence-corrected chi connectivity index (χ2v) is 8.24. The molecular formula is C15H11BrClN5O2S. The molecule has 1 aliphatic heterocycles. The summed E-state index contributed by atoms with van der Waals surface area (Å²) in [5, 5.41) is 16.4. The van der Waals surface area contributed by atoms with E-state index in [-0.39, 0.29) is 0 Å². The largest absolute Gasteiger partial charge is 0.466 e. The Balaban J connectivity index is 2.04. The van der Waals surface area contributed by atoms with Crippen LogP contribution < -0.4 is 5.32 Å². The molecule has 1 atom stereocenters. The first-order valence-corrected chi connectivity index (χ1v) is 9.21. The third kappa shape index (κ3) is 2.54. The number of thiophene rings is 1. The predicted octanol–water partition coefficient (Wildman–Crippen LogP) is 3.77. The van der Waals surface area contributed by atoms with Crippen LogP contribution in [0.3, 0.4) is 0 Å². The highest BCUT2D eigenvalue weighted by atomic mass is 79.9. The first-order valence-electron chi connectivity index (χ1n) is 7.22. The molecule has 0 bridgehead atoms. The standard InChI is InChI=1S/C15H11BrClN5O2S/c1-6-10(14(23)24-2)12(22-15(18-6)19-20-21-22)11-8-5-7(17)3-4-9(8)25-13(11)16/h3-5,12H,1-2H3,(H,18,19,21). The molecular weight excluding hydrogens is 430 g/mol. The minimum Gasteiger partial charge on any atom is -0.466 e. The molecule has 1 aromatic carbocycles. The molecule has 0 saturated carbocycles. The summed E-state index contributed by atoms with van der Waals surface area (Å²) in [6.07, 6.45) is 0. The molecule has 3 heterocycles. The third-order valence-electron chi connectivity index (χ3n) is 4.04. The lowest BCUT2D eigenvalue weighted by Gasteiger charge is -2.27. The second kappa shape index (κ2) is 6.08. The summed E-state index contributed by atoms with van der Waals surface area (Å²) >= 11 is 11.4. The number of nitrogens with zero attached hydrogens (tertiary/aromatic N) is 4. The van der Waals surface area contributed by atoms with Crippen molar-refractivity contribution in [1.29, 1.82) is 0 Å². The van der Waals surface area contributed by atoms with Gasteiger partial charge in [0.1, 0.15) is 6.04 Å². The van der Waals surface area contributed by atoms with Crippen LogP contribution in [-0.4, -0.2) is 33.3 Å². The summed E-state index contributed by atoms with van der Waals surface area (Å²) in [5.41, 5.74) is 1.97. The molecule has 10 heteroatoms. The van der Waals surface area contributed by atoms with E-state index in [1.54, 1.807) is 22.9 Å². The molecule has 7 nitrogen and oxygen atoms in total. The molecule has 0 fully saturated rings. The van der Waals surface area contributed by atoms with Gasteiger partial charge in [0.25, 0.3) is 0 Å². The van der Waals surface area contributed by atoms with Gasteiger partial charge in [0, 0.05) is 26.4 Å². The minimum absolute atomic E-state index is 0.440. The highest BCUT2D eigenvalue weighted by Crippen LogP contribution is 2.46. The fraction of sp³-hybridized carbons (Fsp3) is 0.200. The van der Waals surface area contributed by atoms with Crippen LogP contribution in [0.15, 0.2) is 33.3 Å². The van der Waals surface area contributed by atoms with Crippen molar-refractivity contribution in [3.8, 4) is 0 Å². The third-order valence-corrected chi connectivity index (χ3v) is 6.16. The van der Waals surface area contributed by atoms with E-state index >= 15 is 0 Å². The smallest absolute Gasteiger partial charge is 0.338 e. The molecule has 0 aliphatic carbocycles. The highest BCUT2D eigenvalue weighted by Gasteiger charge is 2.37. The number of methoxy groups -OCH3 is 1. The molecule has 2 aromatic heterocycles. The van der Waals surface area contributed by atoms with Gasteiger partial charge in [0.05, 0.1) is 16.5 Å². The zero-order valence-electron chi connectivity index (χ0n) is 13.1. The Labute approximate surface area is 159 Å². The summed E-state index contributed by atoms with van der Waals surface area (Å²) < 4.78 is 8.50. The Hall–Kier alpha value is -1.97. The summed E-state index contributed by atoms with van der Waals surface area (Å²) in [4.78, 5) is 12.5. The van der Waals surface area contributed by atoms with Gasteiger partial charge in [-0.25, -0.2) is 4.79 Å². The Bertz CT molecular complexity index is 1040. The monoisotopic (exact) mass is 439 g/mol. The van der Waals surface area contributed by atoms with Gasteiger partial charge in [-0.05, 0) is 51.5 Å². The number of benzene rings is 1.